The average Bonchev–Trinajstić information content (AvgIpc) is 3.05. The molecule has 1 fully saturated rings. The van der Waals surface area contributed by atoms with Gasteiger partial charge >= 0.3 is 0 Å². The third kappa shape index (κ3) is 2.83. The number of rotatable bonds is 3. The minimum atomic E-state index is 0.689. The number of H-pyrrole nitrogens is 1. The van der Waals surface area contributed by atoms with Crippen molar-refractivity contribution in [3.8, 4) is 16.9 Å². The molecule has 1 aliphatic heterocycles. The van der Waals surface area contributed by atoms with E-state index < -0.39 is 0 Å². The number of ether oxygens (including phenoxy) is 1. The molecule has 3 aromatic heterocycles. The fraction of sp³-hybridized carbons (Fsp3) is 0.235. The minimum Gasteiger partial charge on any atom is -0.378 e. The number of nitrogens with one attached hydrogen (secondary N) is 1. The summed E-state index contributed by atoms with van der Waals surface area (Å²) in [6.45, 7) is 3.29. The zero-order chi connectivity index (χ0) is 16.4. The molecule has 7 heteroatoms. The molecular weight excluding hydrogens is 322 g/mol. The van der Waals surface area contributed by atoms with Crippen molar-refractivity contribution in [2.45, 2.75) is 0 Å². The van der Waals surface area contributed by atoms with Gasteiger partial charge in [-0.05, 0) is 12.1 Å². The van der Waals surface area contributed by atoms with Gasteiger partial charge < -0.3 is 9.64 Å². The molecule has 1 aliphatic rings. The number of hydrogen-bond donors (Lipinski definition) is 1. The first-order chi connectivity index (χ1) is 11.8. The number of nitrogens with zero attached hydrogens (tertiary/aromatic N) is 4. The van der Waals surface area contributed by atoms with Gasteiger partial charge in [0.1, 0.15) is 4.64 Å². The van der Waals surface area contributed by atoms with Crippen LogP contribution in [0.5, 0.6) is 0 Å². The third-order valence-electron chi connectivity index (χ3n) is 4.08. The summed E-state index contributed by atoms with van der Waals surface area (Å²) in [5.41, 5.74) is 3.06. The SMILES string of the molecule is S=c1c(-c2cccnc2)c[nH]n1-c1cc(N2CCOCC2)ccn1. The summed E-state index contributed by atoms with van der Waals surface area (Å²) in [6.07, 6.45) is 7.26. The number of aromatic amines is 1. The highest BCUT2D eigenvalue weighted by atomic mass is 32.1. The molecule has 0 saturated carbocycles. The second-order valence-corrected chi connectivity index (χ2v) is 5.93. The highest BCUT2D eigenvalue weighted by molar-refractivity contribution is 7.71. The van der Waals surface area contributed by atoms with E-state index in [1.165, 1.54) is 0 Å². The molecule has 122 valence electrons. The van der Waals surface area contributed by atoms with Crippen molar-refractivity contribution in [1.29, 1.82) is 0 Å². The second kappa shape index (κ2) is 6.54. The van der Waals surface area contributed by atoms with Crippen LogP contribution < -0.4 is 4.90 Å². The lowest BCUT2D eigenvalue weighted by molar-refractivity contribution is 0.122. The van der Waals surface area contributed by atoms with Gasteiger partial charge in [-0.25, -0.2) is 9.67 Å². The molecule has 4 heterocycles. The van der Waals surface area contributed by atoms with E-state index in [4.69, 9.17) is 17.0 Å². The van der Waals surface area contributed by atoms with Gasteiger partial charge in [0.2, 0.25) is 0 Å². The van der Waals surface area contributed by atoms with E-state index >= 15 is 0 Å². The molecule has 4 rings (SSSR count). The van der Waals surface area contributed by atoms with Crippen LogP contribution in [0.25, 0.3) is 16.9 Å². The number of morpholine rings is 1. The van der Waals surface area contributed by atoms with E-state index in [9.17, 15) is 0 Å². The van der Waals surface area contributed by atoms with Crippen LogP contribution in [0.1, 0.15) is 0 Å². The molecular formula is C17H17N5OS. The summed E-state index contributed by atoms with van der Waals surface area (Å²) in [4.78, 5) is 10.9. The fourth-order valence-corrected chi connectivity index (χ4v) is 3.14. The predicted octanol–water partition coefficient (Wildman–Crippen LogP) is 2.83. The maximum atomic E-state index is 5.62. The van der Waals surface area contributed by atoms with Crippen molar-refractivity contribution >= 4 is 17.9 Å². The molecule has 0 atom stereocenters. The van der Waals surface area contributed by atoms with Crippen molar-refractivity contribution in [2.24, 2.45) is 0 Å². The van der Waals surface area contributed by atoms with Crippen LogP contribution in [0, 0.1) is 4.64 Å². The van der Waals surface area contributed by atoms with Crippen molar-refractivity contribution < 1.29 is 4.74 Å². The Kier molecular flexibility index (Phi) is 4.10. The van der Waals surface area contributed by atoms with Crippen molar-refractivity contribution in [1.82, 2.24) is 19.7 Å². The second-order valence-electron chi connectivity index (χ2n) is 5.54. The Morgan fingerprint density at radius 3 is 2.83 bits per heavy atom. The maximum absolute atomic E-state index is 5.62. The zero-order valence-electron chi connectivity index (χ0n) is 13.1. The summed E-state index contributed by atoms with van der Waals surface area (Å²) < 4.78 is 7.93. The lowest BCUT2D eigenvalue weighted by atomic mass is 10.2. The van der Waals surface area contributed by atoms with E-state index in [-0.39, 0.29) is 0 Å². The first-order valence-electron chi connectivity index (χ1n) is 7.83. The molecule has 3 aromatic rings. The number of pyridine rings is 2. The van der Waals surface area contributed by atoms with E-state index in [0.29, 0.717) is 4.64 Å². The molecule has 1 saturated heterocycles. The Balaban J connectivity index is 1.70. The van der Waals surface area contributed by atoms with Crippen molar-refractivity contribution in [3.63, 3.8) is 0 Å². The Morgan fingerprint density at radius 2 is 2.04 bits per heavy atom. The standard InChI is InChI=1S/C17H17N5OS/c24-17-15(13-2-1-4-18-11-13)12-20-22(17)16-10-14(3-5-19-16)21-6-8-23-9-7-21/h1-5,10-12,20H,6-9H2. The highest BCUT2D eigenvalue weighted by Crippen LogP contribution is 2.23. The number of hydrogen-bond acceptors (Lipinski definition) is 5. The summed E-state index contributed by atoms with van der Waals surface area (Å²) in [6, 6.07) is 7.96. The maximum Gasteiger partial charge on any atom is 0.154 e. The van der Waals surface area contributed by atoms with Crippen LogP contribution in [0.3, 0.4) is 0 Å². The average molecular weight is 339 g/mol. The van der Waals surface area contributed by atoms with E-state index in [0.717, 1.165) is 48.9 Å². The van der Waals surface area contributed by atoms with Gasteiger partial charge in [0.25, 0.3) is 0 Å². The summed E-state index contributed by atoms with van der Waals surface area (Å²) >= 11 is 5.62. The molecule has 0 spiro atoms. The van der Waals surface area contributed by atoms with Crippen LogP contribution in [0.2, 0.25) is 0 Å². The molecule has 0 radical (unpaired) electrons. The molecule has 0 aromatic carbocycles. The van der Waals surface area contributed by atoms with Crippen LogP contribution in [0.15, 0.2) is 49.1 Å². The van der Waals surface area contributed by atoms with Gasteiger partial charge in [-0.1, -0.05) is 18.3 Å². The molecule has 0 amide bonds. The van der Waals surface area contributed by atoms with Crippen LogP contribution in [-0.4, -0.2) is 46.1 Å². The van der Waals surface area contributed by atoms with E-state index in [2.05, 4.69) is 20.0 Å². The Hall–Kier alpha value is -2.51. The van der Waals surface area contributed by atoms with Crippen LogP contribution >= 0.6 is 12.2 Å². The lowest BCUT2D eigenvalue weighted by Crippen LogP contribution is -2.36. The molecule has 1 N–H and O–H groups in total. The first kappa shape index (κ1) is 15.0. The van der Waals surface area contributed by atoms with Gasteiger partial charge in [0.05, 0.1) is 13.2 Å². The molecule has 0 unspecified atom stereocenters. The Labute approximate surface area is 144 Å². The van der Waals surface area contributed by atoms with E-state index in [1.807, 2.05) is 41.3 Å². The van der Waals surface area contributed by atoms with Crippen LogP contribution in [-0.2, 0) is 4.74 Å². The highest BCUT2D eigenvalue weighted by Gasteiger charge is 2.13. The molecule has 0 bridgehead atoms. The van der Waals surface area contributed by atoms with Crippen molar-refractivity contribution in [2.75, 3.05) is 31.2 Å². The first-order valence-corrected chi connectivity index (χ1v) is 8.24. The molecule has 0 aliphatic carbocycles. The van der Waals surface area contributed by atoms with Gasteiger partial charge in [0.15, 0.2) is 5.82 Å². The minimum absolute atomic E-state index is 0.689. The zero-order valence-corrected chi connectivity index (χ0v) is 13.9. The van der Waals surface area contributed by atoms with Gasteiger partial charge in [-0.2, -0.15) is 0 Å². The summed E-state index contributed by atoms with van der Waals surface area (Å²) in [5.74, 6) is 0.777. The Bertz CT molecular complexity index is 883. The fourth-order valence-electron chi connectivity index (χ4n) is 2.82. The number of aromatic nitrogens is 4. The third-order valence-corrected chi connectivity index (χ3v) is 4.48. The van der Waals surface area contributed by atoms with Gasteiger partial charge in [-0.3, -0.25) is 10.1 Å². The normalized spacial score (nSPS) is 14.8. The quantitative estimate of drug-likeness (QED) is 0.744. The van der Waals surface area contributed by atoms with Gasteiger partial charge in [0, 0.05) is 60.8 Å². The lowest BCUT2D eigenvalue weighted by Gasteiger charge is -2.28. The summed E-state index contributed by atoms with van der Waals surface area (Å²) in [5, 5.41) is 3.20. The van der Waals surface area contributed by atoms with E-state index in [1.54, 1.807) is 12.4 Å². The van der Waals surface area contributed by atoms with Crippen LogP contribution in [0.4, 0.5) is 5.69 Å². The largest absolute Gasteiger partial charge is 0.378 e. The Morgan fingerprint density at radius 1 is 1.17 bits per heavy atom. The summed E-state index contributed by atoms with van der Waals surface area (Å²) in [7, 11) is 0. The monoisotopic (exact) mass is 339 g/mol. The smallest absolute Gasteiger partial charge is 0.154 e. The number of anilines is 1. The molecule has 6 nitrogen and oxygen atoms in total. The van der Waals surface area contributed by atoms with Crippen molar-refractivity contribution in [3.05, 3.63) is 53.7 Å². The predicted molar refractivity (Wildman–Crippen MR) is 95.0 cm³/mol. The molecule has 24 heavy (non-hydrogen) atoms. The topological polar surface area (TPSA) is 59.0 Å². The van der Waals surface area contributed by atoms with Gasteiger partial charge in [-0.15, -0.1) is 0 Å².